The Morgan fingerprint density at radius 1 is 0.906 bits per heavy atom. The van der Waals surface area contributed by atoms with Crippen LogP contribution in [0.2, 0.25) is 0 Å². The second kappa shape index (κ2) is 9.48. The highest BCUT2D eigenvalue weighted by Gasteiger charge is 2.25. The van der Waals surface area contributed by atoms with E-state index < -0.39 is 10.0 Å². The fourth-order valence-electron chi connectivity index (χ4n) is 3.99. The molecule has 1 aliphatic heterocycles. The Morgan fingerprint density at radius 2 is 1.56 bits per heavy atom. The first kappa shape index (κ1) is 22.0. The molecule has 4 rings (SSSR count). The monoisotopic (exact) mass is 452 g/mol. The molecule has 1 saturated heterocycles. The zero-order valence-corrected chi connectivity index (χ0v) is 19.2. The fourth-order valence-corrected chi connectivity index (χ4v) is 5.41. The van der Waals surface area contributed by atoms with E-state index in [4.69, 9.17) is 4.74 Å². The highest BCUT2D eigenvalue weighted by atomic mass is 32.2. The van der Waals surface area contributed by atoms with Crippen LogP contribution in [0, 0.1) is 0 Å². The number of pyridine rings is 1. The van der Waals surface area contributed by atoms with Crippen LogP contribution in [-0.2, 0) is 10.0 Å². The SMILES string of the molecule is CCN(c1ccccc1)S(=O)(=O)c1ccc(N2CCN(c3ccccc3OC)CC2)nc1. The van der Waals surface area contributed by atoms with E-state index in [2.05, 4.69) is 20.9 Å². The molecule has 1 aromatic heterocycles. The summed E-state index contributed by atoms with van der Waals surface area (Å²) in [4.78, 5) is 9.16. The lowest BCUT2D eigenvalue weighted by Gasteiger charge is -2.37. The summed E-state index contributed by atoms with van der Waals surface area (Å²) in [5.41, 5.74) is 1.73. The average Bonchev–Trinajstić information content (AvgIpc) is 2.85. The van der Waals surface area contributed by atoms with Crippen LogP contribution >= 0.6 is 0 Å². The molecule has 0 amide bonds. The van der Waals surface area contributed by atoms with Gasteiger partial charge in [0.05, 0.1) is 18.5 Å². The molecule has 0 saturated carbocycles. The summed E-state index contributed by atoms with van der Waals surface area (Å²) >= 11 is 0. The quantitative estimate of drug-likeness (QED) is 0.545. The van der Waals surface area contributed by atoms with Gasteiger partial charge in [0.2, 0.25) is 0 Å². The van der Waals surface area contributed by atoms with Crippen LogP contribution in [0.1, 0.15) is 6.92 Å². The smallest absolute Gasteiger partial charge is 0.265 e. The van der Waals surface area contributed by atoms with E-state index in [1.165, 1.54) is 10.5 Å². The standard InChI is InChI=1S/C24H28N4O3S/c1-3-28(20-9-5-4-6-10-20)32(29,30)21-13-14-24(25-19-21)27-17-15-26(16-18-27)22-11-7-8-12-23(22)31-2/h4-14,19H,3,15-18H2,1-2H3. The van der Waals surface area contributed by atoms with Crippen molar-refractivity contribution in [3.63, 3.8) is 0 Å². The zero-order chi connectivity index (χ0) is 22.6. The molecule has 2 aromatic carbocycles. The van der Waals surface area contributed by atoms with E-state index in [0.717, 1.165) is 43.4 Å². The van der Waals surface area contributed by atoms with Gasteiger partial charge in [-0.15, -0.1) is 0 Å². The molecule has 168 valence electrons. The number of anilines is 3. The van der Waals surface area contributed by atoms with Gasteiger partial charge in [0.25, 0.3) is 10.0 Å². The Kier molecular flexibility index (Phi) is 6.50. The number of para-hydroxylation sites is 3. The van der Waals surface area contributed by atoms with Crippen LogP contribution in [-0.4, -0.2) is 53.2 Å². The van der Waals surface area contributed by atoms with Crippen molar-refractivity contribution in [1.29, 1.82) is 0 Å². The van der Waals surface area contributed by atoms with Crippen molar-refractivity contribution < 1.29 is 13.2 Å². The highest BCUT2D eigenvalue weighted by Crippen LogP contribution is 2.29. The van der Waals surface area contributed by atoms with Gasteiger partial charge in [-0.2, -0.15) is 0 Å². The fraction of sp³-hybridized carbons (Fsp3) is 0.292. The Balaban J connectivity index is 1.46. The Hall–Kier alpha value is -3.26. The number of aromatic nitrogens is 1. The van der Waals surface area contributed by atoms with Gasteiger partial charge >= 0.3 is 0 Å². The summed E-state index contributed by atoms with van der Waals surface area (Å²) in [5.74, 6) is 1.65. The predicted molar refractivity (Wildman–Crippen MR) is 128 cm³/mol. The number of nitrogens with zero attached hydrogens (tertiary/aromatic N) is 4. The normalized spacial score (nSPS) is 14.3. The average molecular weight is 453 g/mol. The summed E-state index contributed by atoms with van der Waals surface area (Å²) in [6.07, 6.45) is 1.46. The number of rotatable bonds is 7. The largest absolute Gasteiger partial charge is 0.495 e. The van der Waals surface area contributed by atoms with E-state index in [-0.39, 0.29) is 4.90 Å². The molecule has 1 aliphatic rings. The van der Waals surface area contributed by atoms with E-state index >= 15 is 0 Å². The number of sulfonamides is 1. The van der Waals surface area contributed by atoms with Crippen molar-refractivity contribution in [3.05, 3.63) is 72.9 Å². The van der Waals surface area contributed by atoms with Crippen molar-refractivity contribution in [2.24, 2.45) is 0 Å². The van der Waals surface area contributed by atoms with Crippen molar-refractivity contribution >= 4 is 27.2 Å². The number of benzene rings is 2. The Labute approximate surface area is 189 Å². The van der Waals surface area contributed by atoms with Gasteiger partial charge in [0.15, 0.2) is 0 Å². The molecule has 0 bridgehead atoms. The number of methoxy groups -OCH3 is 1. The summed E-state index contributed by atoms with van der Waals surface area (Å²) in [6, 6.07) is 20.6. The van der Waals surface area contributed by atoms with Crippen LogP contribution in [0.4, 0.5) is 17.2 Å². The Morgan fingerprint density at radius 3 is 2.19 bits per heavy atom. The molecule has 1 fully saturated rings. The van der Waals surface area contributed by atoms with Crippen molar-refractivity contribution in [2.45, 2.75) is 11.8 Å². The molecule has 7 nitrogen and oxygen atoms in total. The number of hydrogen-bond donors (Lipinski definition) is 0. The summed E-state index contributed by atoms with van der Waals surface area (Å²) in [5, 5.41) is 0. The molecule has 0 N–H and O–H groups in total. The first-order chi connectivity index (χ1) is 15.5. The molecular formula is C24H28N4O3S. The van der Waals surface area contributed by atoms with Crippen LogP contribution < -0.4 is 18.8 Å². The van der Waals surface area contributed by atoms with E-state index in [0.29, 0.717) is 12.2 Å². The molecule has 0 spiro atoms. The zero-order valence-electron chi connectivity index (χ0n) is 18.4. The third-order valence-electron chi connectivity index (χ3n) is 5.67. The van der Waals surface area contributed by atoms with Gasteiger partial charge in [-0.05, 0) is 43.3 Å². The van der Waals surface area contributed by atoms with Crippen LogP contribution in [0.15, 0.2) is 77.8 Å². The van der Waals surface area contributed by atoms with Gasteiger partial charge in [-0.3, -0.25) is 4.31 Å². The predicted octanol–water partition coefficient (Wildman–Crippen LogP) is 3.63. The summed E-state index contributed by atoms with van der Waals surface area (Å²) < 4.78 is 33.2. The summed E-state index contributed by atoms with van der Waals surface area (Å²) in [7, 11) is -1.99. The molecule has 2 heterocycles. The molecule has 3 aromatic rings. The molecule has 0 atom stereocenters. The number of piperazine rings is 1. The second-order valence-corrected chi connectivity index (χ2v) is 9.37. The number of ether oxygens (including phenoxy) is 1. The minimum absolute atomic E-state index is 0.194. The van der Waals surface area contributed by atoms with Gasteiger partial charge in [-0.25, -0.2) is 13.4 Å². The molecule has 0 unspecified atom stereocenters. The van der Waals surface area contributed by atoms with Crippen LogP contribution in [0.25, 0.3) is 0 Å². The van der Waals surface area contributed by atoms with E-state index in [1.54, 1.807) is 31.4 Å². The van der Waals surface area contributed by atoms with Crippen molar-refractivity contribution in [3.8, 4) is 5.75 Å². The van der Waals surface area contributed by atoms with Crippen LogP contribution in [0.3, 0.4) is 0 Å². The van der Waals surface area contributed by atoms with Gasteiger partial charge in [-0.1, -0.05) is 30.3 Å². The minimum Gasteiger partial charge on any atom is -0.495 e. The van der Waals surface area contributed by atoms with E-state index in [1.807, 2.05) is 43.3 Å². The summed E-state index contributed by atoms with van der Waals surface area (Å²) in [6.45, 7) is 5.43. The first-order valence-electron chi connectivity index (χ1n) is 10.7. The lowest BCUT2D eigenvalue weighted by Crippen LogP contribution is -2.47. The van der Waals surface area contributed by atoms with Crippen molar-refractivity contribution in [1.82, 2.24) is 4.98 Å². The molecule has 32 heavy (non-hydrogen) atoms. The van der Waals surface area contributed by atoms with Gasteiger partial charge in [0, 0.05) is 38.9 Å². The van der Waals surface area contributed by atoms with Crippen molar-refractivity contribution in [2.75, 3.05) is 53.9 Å². The van der Waals surface area contributed by atoms with E-state index in [9.17, 15) is 8.42 Å². The lowest BCUT2D eigenvalue weighted by molar-refractivity contribution is 0.413. The molecule has 0 aliphatic carbocycles. The second-order valence-electron chi connectivity index (χ2n) is 7.50. The lowest BCUT2D eigenvalue weighted by atomic mass is 10.2. The maximum Gasteiger partial charge on any atom is 0.265 e. The van der Waals surface area contributed by atoms with Crippen LogP contribution in [0.5, 0.6) is 5.75 Å². The minimum atomic E-state index is -3.67. The third-order valence-corrected chi connectivity index (χ3v) is 7.56. The first-order valence-corrected chi connectivity index (χ1v) is 12.2. The third kappa shape index (κ3) is 4.36. The molecule has 8 heteroatoms. The highest BCUT2D eigenvalue weighted by molar-refractivity contribution is 7.92. The molecular weight excluding hydrogens is 424 g/mol. The van der Waals surface area contributed by atoms with Gasteiger partial charge in [0.1, 0.15) is 16.5 Å². The number of hydrogen-bond acceptors (Lipinski definition) is 6. The Bertz CT molecular complexity index is 1130. The maximum absolute atomic E-state index is 13.2. The maximum atomic E-state index is 13.2. The topological polar surface area (TPSA) is 66.0 Å². The molecule has 0 radical (unpaired) electrons. The van der Waals surface area contributed by atoms with Gasteiger partial charge < -0.3 is 14.5 Å².